The maximum Gasteiger partial charge on any atom is 0.287 e. The van der Waals surface area contributed by atoms with E-state index in [1.807, 2.05) is 19.9 Å². The Morgan fingerprint density at radius 3 is 2.33 bits per heavy atom. The predicted octanol–water partition coefficient (Wildman–Crippen LogP) is 1.91. The highest BCUT2D eigenvalue weighted by Crippen LogP contribution is 2.20. The van der Waals surface area contributed by atoms with Crippen molar-refractivity contribution in [3.63, 3.8) is 0 Å². The molecule has 0 aliphatic rings. The molecular weight excluding hydrogens is 116 g/mol. The van der Waals surface area contributed by atoms with Gasteiger partial charge < -0.3 is 9.15 Å². The first kappa shape index (κ1) is 6.20. The molecule has 0 radical (unpaired) electrons. The van der Waals surface area contributed by atoms with Gasteiger partial charge in [0.15, 0.2) is 0 Å². The van der Waals surface area contributed by atoms with Crippen molar-refractivity contribution >= 4 is 0 Å². The van der Waals surface area contributed by atoms with Crippen LogP contribution < -0.4 is 4.74 Å². The van der Waals surface area contributed by atoms with Crippen LogP contribution in [0.3, 0.4) is 0 Å². The third-order valence-corrected chi connectivity index (χ3v) is 1.18. The highest BCUT2D eigenvalue weighted by Gasteiger charge is 2.01. The average Bonchev–Trinajstić information content (AvgIpc) is 2.10. The highest BCUT2D eigenvalue weighted by molar-refractivity contribution is 5.23. The predicted molar refractivity (Wildman–Crippen MR) is 34.7 cm³/mol. The number of hydrogen-bond donors (Lipinski definition) is 0. The summed E-state index contributed by atoms with van der Waals surface area (Å²) in [5, 5.41) is 0. The van der Waals surface area contributed by atoms with Crippen molar-refractivity contribution in [3.05, 3.63) is 17.4 Å². The SMILES string of the molecule is COc1oc(C)cc1C. The fourth-order valence-corrected chi connectivity index (χ4v) is 0.823. The van der Waals surface area contributed by atoms with E-state index in [0.717, 1.165) is 11.3 Å². The lowest BCUT2D eigenvalue weighted by atomic mass is 10.3. The van der Waals surface area contributed by atoms with E-state index in [4.69, 9.17) is 9.15 Å². The van der Waals surface area contributed by atoms with E-state index in [9.17, 15) is 0 Å². The number of rotatable bonds is 1. The third-order valence-electron chi connectivity index (χ3n) is 1.18. The van der Waals surface area contributed by atoms with Crippen LogP contribution in [-0.4, -0.2) is 7.11 Å². The Kier molecular flexibility index (Phi) is 1.47. The average molecular weight is 126 g/mol. The van der Waals surface area contributed by atoms with Crippen molar-refractivity contribution in [3.8, 4) is 5.95 Å². The molecule has 0 bridgehead atoms. The lowest BCUT2D eigenvalue weighted by Crippen LogP contribution is -1.79. The third kappa shape index (κ3) is 1.07. The number of methoxy groups -OCH3 is 1. The molecule has 1 heterocycles. The molecule has 0 aliphatic carbocycles. The van der Waals surface area contributed by atoms with Crippen LogP contribution in [0.1, 0.15) is 11.3 Å². The van der Waals surface area contributed by atoms with Crippen molar-refractivity contribution < 1.29 is 9.15 Å². The molecule has 1 aromatic heterocycles. The van der Waals surface area contributed by atoms with Crippen LogP contribution in [-0.2, 0) is 0 Å². The Labute approximate surface area is 54.4 Å². The van der Waals surface area contributed by atoms with Gasteiger partial charge in [-0.2, -0.15) is 0 Å². The zero-order chi connectivity index (χ0) is 6.85. The van der Waals surface area contributed by atoms with Crippen LogP contribution in [0.4, 0.5) is 0 Å². The molecule has 0 saturated carbocycles. The highest BCUT2D eigenvalue weighted by atomic mass is 16.6. The quantitative estimate of drug-likeness (QED) is 0.573. The fourth-order valence-electron chi connectivity index (χ4n) is 0.823. The summed E-state index contributed by atoms with van der Waals surface area (Å²) in [6.07, 6.45) is 0. The van der Waals surface area contributed by atoms with Gasteiger partial charge in [0.1, 0.15) is 5.76 Å². The van der Waals surface area contributed by atoms with Crippen LogP contribution in [0.15, 0.2) is 10.5 Å². The normalized spacial score (nSPS) is 9.67. The summed E-state index contributed by atoms with van der Waals surface area (Å²) in [7, 11) is 1.60. The lowest BCUT2D eigenvalue weighted by Gasteiger charge is -1.91. The molecule has 0 aromatic carbocycles. The molecule has 0 fully saturated rings. The monoisotopic (exact) mass is 126 g/mol. The standard InChI is InChI=1S/C7H10O2/c1-5-4-6(2)9-7(5)8-3/h4H,1-3H3. The first-order valence-electron chi connectivity index (χ1n) is 2.85. The molecule has 0 atom stereocenters. The molecule has 0 unspecified atom stereocenters. The second kappa shape index (κ2) is 2.13. The number of furan rings is 1. The molecule has 0 amide bonds. The van der Waals surface area contributed by atoms with Crippen molar-refractivity contribution in [2.45, 2.75) is 13.8 Å². The van der Waals surface area contributed by atoms with E-state index in [0.29, 0.717) is 5.95 Å². The minimum Gasteiger partial charge on any atom is -0.468 e. The molecule has 9 heavy (non-hydrogen) atoms. The van der Waals surface area contributed by atoms with Crippen molar-refractivity contribution in [1.82, 2.24) is 0 Å². The van der Waals surface area contributed by atoms with Crippen LogP contribution in [0.2, 0.25) is 0 Å². The fraction of sp³-hybridized carbons (Fsp3) is 0.429. The first-order chi connectivity index (χ1) is 4.24. The topological polar surface area (TPSA) is 22.4 Å². The van der Waals surface area contributed by atoms with Gasteiger partial charge in [-0.3, -0.25) is 0 Å². The van der Waals surface area contributed by atoms with Crippen molar-refractivity contribution in [1.29, 1.82) is 0 Å². The van der Waals surface area contributed by atoms with Gasteiger partial charge in [-0.15, -0.1) is 0 Å². The number of aryl methyl sites for hydroxylation is 2. The second-order valence-electron chi connectivity index (χ2n) is 2.03. The van der Waals surface area contributed by atoms with E-state index in [2.05, 4.69) is 0 Å². The van der Waals surface area contributed by atoms with Crippen molar-refractivity contribution in [2.75, 3.05) is 7.11 Å². The minimum absolute atomic E-state index is 0.618. The molecule has 0 N–H and O–H groups in total. The molecule has 0 saturated heterocycles. The summed E-state index contributed by atoms with van der Waals surface area (Å²) in [6, 6.07) is 1.94. The van der Waals surface area contributed by atoms with Gasteiger partial charge in [0.05, 0.1) is 7.11 Å². The van der Waals surface area contributed by atoms with E-state index in [-0.39, 0.29) is 0 Å². The minimum atomic E-state index is 0.618. The van der Waals surface area contributed by atoms with E-state index < -0.39 is 0 Å². The van der Waals surface area contributed by atoms with Gasteiger partial charge >= 0.3 is 0 Å². The Morgan fingerprint density at radius 2 is 2.11 bits per heavy atom. The van der Waals surface area contributed by atoms with Crippen LogP contribution in [0, 0.1) is 13.8 Å². The molecule has 1 aromatic rings. The summed E-state index contributed by atoms with van der Waals surface area (Å²) in [5.74, 6) is 1.51. The Hall–Kier alpha value is -0.920. The first-order valence-corrected chi connectivity index (χ1v) is 2.85. The summed E-state index contributed by atoms with van der Waals surface area (Å²) in [6.45, 7) is 3.85. The summed E-state index contributed by atoms with van der Waals surface area (Å²) in [4.78, 5) is 0. The Bertz CT molecular complexity index is 201. The van der Waals surface area contributed by atoms with Gasteiger partial charge in [0.25, 0.3) is 5.95 Å². The molecule has 50 valence electrons. The lowest BCUT2D eigenvalue weighted by molar-refractivity contribution is 0.296. The largest absolute Gasteiger partial charge is 0.468 e. The van der Waals surface area contributed by atoms with E-state index in [1.54, 1.807) is 7.11 Å². The maximum atomic E-state index is 5.14. The molecule has 0 spiro atoms. The summed E-state index contributed by atoms with van der Waals surface area (Å²) in [5.41, 5.74) is 1.05. The summed E-state index contributed by atoms with van der Waals surface area (Å²) >= 11 is 0. The van der Waals surface area contributed by atoms with Gasteiger partial charge in [-0.05, 0) is 19.9 Å². The van der Waals surface area contributed by atoms with Crippen LogP contribution >= 0.6 is 0 Å². The van der Waals surface area contributed by atoms with Gasteiger partial charge in [0, 0.05) is 5.56 Å². The van der Waals surface area contributed by atoms with Crippen LogP contribution in [0.25, 0.3) is 0 Å². The van der Waals surface area contributed by atoms with Crippen LogP contribution in [0.5, 0.6) is 5.95 Å². The zero-order valence-corrected chi connectivity index (χ0v) is 5.89. The molecule has 2 heteroatoms. The maximum absolute atomic E-state index is 5.14. The second-order valence-corrected chi connectivity index (χ2v) is 2.03. The van der Waals surface area contributed by atoms with Gasteiger partial charge in [-0.1, -0.05) is 0 Å². The number of hydrogen-bond acceptors (Lipinski definition) is 2. The van der Waals surface area contributed by atoms with E-state index in [1.165, 1.54) is 0 Å². The molecular formula is C7H10O2. The smallest absolute Gasteiger partial charge is 0.287 e. The van der Waals surface area contributed by atoms with Gasteiger partial charge in [-0.25, -0.2) is 0 Å². The van der Waals surface area contributed by atoms with E-state index >= 15 is 0 Å². The summed E-state index contributed by atoms with van der Waals surface area (Å²) < 4.78 is 10.0. The van der Waals surface area contributed by atoms with Gasteiger partial charge in [0.2, 0.25) is 0 Å². The molecule has 0 aliphatic heterocycles. The zero-order valence-electron chi connectivity index (χ0n) is 5.89. The Balaban J connectivity index is 3.01. The van der Waals surface area contributed by atoms with Crippen molar-refractivity contribution in [2.24, 2.45) is 0 Å². The molecule has 2 nitrogen and oxygen atoms in total. The number of ether oxygens (including phenoxy) is 1. The Morgan fingerprint density at radius 1 is 1.44 bits per heavy atom. The molecule has 1 rings (SSSR count).